The van der Waals surface area contributed by atoms with Crippen molar-refractivity contribution in [2.24, 2.45) is 4.99 Å². The van der Waals surface area contributed by atoms with Gasteiger partial charge in [0.05, 0.1) is 11.4 Å². The first-order chi connectivity index (χ1) is 25.0. The number of aromatic amines is 1. The first-order valence-corrected chi connectivity index (χ1v) is 18.9. The molecule has 2 atom stereocenters. The molecule has 0 aliphatic carbocycles. The van der Waals surface area contributed by atoms with Crippen LogP contribution in [-0.2, 0) is 15.8 Å². The molecule has 2 fully saturated rings. The van der Waals surface area contributed by atoms with Gasteiger partial charge in [-0.15, -0.1) is 11.3 Å². The normalized spacial score (nSPS) is 20.8. The summed E-state index contributed by atoms with van der Waals surface area (Å²) in [7, 11) is -4.07. The third-order valence-corrected chi connectivity index (χ3v) is 12.1. The van der Waals surface area contributed by atoms with Crippen LogP contribution in [0.15, 0.2) is 83.3 Å². The predicted molar refractivity (Wildman–Crippen MR) is 187 cm³/mol. The Kier molecular flexibility index (Phi) is 8.99. The minimum atomic E-state index is -4.07. The number of rotatable bonds is 9. The lowest BCUT2D eigenvalue weighted by atomic mass is 9.92. The Bertz CT molecular complexity index is 2270. The number of fused-ring (bicyclic) bond motifs is 1. The number of hydrogen-bond donors (Lipinski definition) is 3. The van der Waals surface area contributed by atoms with Crippen LogP contribution >= 0.6 is 22.9 Å². The van der Waals surface area contributed by atoms with Gasteiger partial charge in [0.15, 0.2) is 10.8 Å². The summed E-state index contributed by atoms with van der Waals surface area (Å²) in [5, 5.41) is 18.0. The molecule has 1 aromatic carbocycles. The zero-order valence-electron chi connectivity index (χ0n) is 27.1. The van der Waals surface area contributed by atoms with E-state index in [1.54, 1.807) is 36.1 Å². The number of aliphatic imine (C=N–C) groups is 1. The van der Waals surface area contributed by atoms with Gasteiger partial charge in [0, 0.05) is 84.1 Å². The molecule has 0 amide bonds. The van der Waals surface area contributed by atoms with Crippen molar-refractivity contribution < 1.29 is 26.7 Å². The lowest BCUT2D eigenvalue weighted by Crippen LogP contribution is -2.52. The van der Waals surface area contributed by atoms with E-state index in [0.717, 1.165) is 12.3 Å². The first kappa shape index (κ1) is 34.6. The highest BCUT2D eigenvalue weighted by molar-refractivity contribution is 7.87. The number of aliphatic hydroxyl groups is 1. The molecule has 19 heteroatoms. The largest absolute Gasteiger partial charge is 0.382 e. The second-order valence-corrected chi connectivity index (χ2v) is 15.6. The molecule has 270 valence electrons. The van der Waals surface area contributed by atoms with E-state index in [9.17, 15) is 26.7 Å². The molecule has 2 saturated heterocycles. The van der Waals surface area contributed by atoms with Gasteiger partial charge < -0.3 is 15.0 Å². The molecule has 5 aromatic rings. The van der Waals surface area contributed by atoms with Gasteiger partial charge in [-0.1, -0.05) is 23.7 Å². The molecule has 7 heterocycles. The molecular formula is C33H30ClF3N10O3S2. The molecule has 3 aliphatic heterocycles. The standard InChI is InChI=1S/C33H30ClF3N10O3S2/c34-22-15-19(35)4-5-21(22)28-27(24-6-11-47(43-24)32(36)37)26-16-20(18-46(26)29(42-28)30-39-10-14-51-30)44-52(49,50)45-12-7-33(48,8-13-45)31-40-17-25(41-31)23-3-1-2-9-38-23/h1-6,9-11,14-15,17,20,28,32,44,48H,7-8,12-13,16,18H2,(H,40,41)/t20?,28-/m0/s1. The van der Waals surface area contributed by atoms with Crippen LogP contribution in [0.1, 0.15) is 53.9 Å². The molecule has 8 rings (SSSR count). The fourth-order valence-electron chi connectivity index (χ4n) is 6.86. The fraction of sp³-hybridized carbons (Fsp3) is 0.303. The van der Waals surface area contributed by atoms with Gasteiger partial charge in [0.1, 0.15) is 29.0 Å². The number of H-pyrrole nitrogens is 1. The molecule has 52 heavy (non-hydrogen) atoms. The predicted octanol–water partition coefficient (Wildman–Crippen LogP) is 5.12. The molecule has 3 aliphatic rings. The zero-order valence-corrected chi connectivity index (χ0v) is 29.5. The smallest absolute Gasteiger partial charge is 0.333 e. The lowest BCUT2D eigenvalue weighted by Gasteiger charge is -2.36. The summed E-state index contributed by atoms with van der Waals surface area (Å²) in [5.41, 5.74) is 1.47. The quantitative estimate of drug-likeness (QED) is 0.187. The van der Waals surface area contributed by atoms with Gasteiger partial charge in [-0.25, -0.2) is 19.0 Å². The Balaban J connectivity index is 1.08. The topological polar surface area (TPSA) is 158 Å². The molecular weight excluding hydrogens is 741 g/mol. The molecule has 0 bridgehead atoms. The second kappa shape index (κ2) is 13.5. The van der Waals surface area contributed by atoms with E-state index in [1.165, 1.54) is 33.8 Å². The first-order valence-electron chi connectivity index (χ1n) is 16.2. The average Bonchev–Trinajstić information content (AvgIpc) is 3.96. The zero-order chi connectivity index (χ0) is 36.2. The number of aromatic nitrogens is 6. The summed E-state index contributed by atoms with van der Waals surface area (Å²) < 4.78 is 73.9. The van der Waals surface area contributed by atoms with Crippen LogP contribution in [-0.4, -0.2) is 84.0 Å². The van der Waals surface area contributed by atoms with Crippen LogP contribution in [0.2, 0.25) is 5.02 Å². The molecule has 0 spiro atoms. The number of amidine groups is 1. The highest BCUT2D eigenvalue weighted by atomic mass is 35.5. The van der Waals surface area contributed by atoms with E-state index >= 15 is 0 Å². The Morgan fingerprint density at radius 2 is 1.90 bits per heavy atom. The van der Waals surface area contributed by atoms with Crippen LogP contribution < -0.4 is 4.72 Å². The second-order valence-electron chi connectivity index (χ2n) is 12.6. The number of nitrogens with zero attached hydrogens (tertiary/aromatic N) is 8. The van der Waals surface area contributed by atoms with Crippen LogP contribution in [0.3, 0.4) is 0 Å². The van der Waals surface area contributed by atoms with Gasteiger partial charge >= 0.3 is 6.55 Å². The van der Waals surface area contributed by atoms with Crippen molar-refractivity contribution in [1.82, 2.24) is 43.6 Å². The van der Waals surface area contributed by atoms with Crippen LogP contribution in [0.5, 0.6) is 0 Å². The highest BCUT2D eigenvalue weighted by Gasteiger charge is 2.44. The van der Waals surface area contributed by atoms with E-state index in [-0.39, 0.29) is 49.6 Å². The Morgan fingerprint density at radius 1 is 1.08 bits per heavy atom. The van der Waals surface area contributed by atoms with Gasteiger partial charge in [-0.3, -0.25) is 9.98 Å². The van der Waals surface area contributed by atoms with E-state index in [0.29, 0.717) is 49.6 Å². The van der Waals surface area contributed by atoms with E-state index in [1.807, 2.05) is 11.0 Å². The fourth-order valence-corrected chi connectivity index (χ4v) is 9.16. The summed E-state index contributed by atoms with van der Waals surface area (Å²) in [6.07, 6.45) is 6.42. The molecule has 0 radical (unpaired) electrons. The van der Waals surface area contributed by atoms with Gasteiger partial charge in [0.25, 0.3) is 10.2 Å². The summed E-state index contributed by atoms with van der Waals surface area (Å²) >= 11 is 7.87. The molecule has 3 N–H and O–H groups in total. The number of nitrogens with one attached hydrogen (secondary N) is 2. The number of pyridine rings is 1. The average molecular weight is 771 g/mol. The van der Waals surface area contributed by atoms with Gasteiger partial charge in [0.2, 0.25) is 0 Å². The van der Waals surface area contributed by atoms with Gasteiger partial charge in [-0.2, -0.15) is 31.3 Å². The number of alkyl halides is 2. The monoisotopic (exact) mass is 770 g/mol. The minimum absolute atomic E-state index is 0.0257. The van der Waals surface area contributed by atoms with Crippen LogP contribution in [0.25, 0.3) is 17.0 Å². The van der Waals surface area contributed by atoms with Crippen LogP contribution in [0.4, 0.5) is 13.2 Å². The third kappa shape index (κ3) is 6.43. The number of piperidine rings is 1. The summed E-state index contributed by atoms with van der Waals surface area (Å²) in [6.45, 7) is -2.70. The number of imidazole rings is 1. The van der Waals surface area contributed by atoms with Crippen molar-refractivity contribution in [3.63, 3.8) is 0 Å². The number of halogens is 4. The molecule has 0 saturated carbocycles. The molecule has 1 unspecified atom stereocenters. The van der Waals surface area contributed by atoms with E-state index in [2.05, 4.69) is 29.8 Å². The van der Waals surface area contributed by atoms with Crippen molar-refractivity contribution in [2.75, 3.05) is 19.6 Å². The van der Waals surface area contributed by atoms with Crippen LogP contribution in [0, 0.1) is 5.82 Å². The van der Waals surface area contributed by atoms with E-state index in [4.69, 9.17) is 16.6 Å². The summed E-state index contributed by atoms with van der Waals surface area (Å²) in [5.74, 6) is 0.210. The highest BCUT2D eigenvalue weighted by Crippen LogP contribution is 2.46. The summed E-state index contributed by atoms with van der Waals surface area (Å²) in [6, 6.07) is 9.18. The number of benzene rings is 1. The molecule has 13 nitrogen and oxygen atoms in total. The maximum absolute atomic E-state index is 14.2. The maximum atomic E-state index is 14.2. The van der Waals surface area contributed by atoms with Crippen molar-refractivity contribution in [3.05, 3.63) is 111 Å². The van der Waals surface area contributed by atoms with Crippen molar-refractivity contribution in [2.45, 2.75) is 43.5 Å². The molecule has 4 aromatic heterocycles. The van der Waals surface area contributed by atoms with Crippen molar-refractivity contribution >= 4 is 44.6 Å². The van der Waals surface area contributed by atoms with Crippen molar-refractivity contribution in [3.8, 4) is 11.4 Å². The Hall–Kier alpha value is -4.46. The van der Waals surface area contributed by atoms with Gasteiger partial charge in [-0.05, 0) is 43.2 Å². The third-order valence-electron chi connectivity index (χ3n) is 9.38. The maximum Gasteiger partial charge on any atom is 0.333 e. The lowest BCUT2D eigenvalue weighted by molar-refractivity contribution is -0.0169. The summed E-state index contributed by atoms with van der Waals surface area (Å²) in [4.78, 5) is 23.1. The number of hydrogen-bond acceptors (Lipinski definition) is 10. The van der Waals surface area contributed by atoms with E-state index < -0.39 is 40.3 Å². The number of thiazole rings is 1. The van der Waals surface area contributed by atoms with Crippen molar-refractivity contribution in [1.29, 1.82) is 0 Å². The minimum Gasteiger partial charge on any atom is -0.382 e. The SMILES string of the molecule is O=S(=O)(NC1CC2=C(c3ccn(C(F)F)n3)[C@H](c3ccc(F)cc3Cl)N=C(c3nccs3)N2C1)N1CCC(O)(c2nc(-c3ccccn3)c[nH]2)CC1. The Labute approximate surface area is 304 Å². The Morgan fingerprint density at radius 3 is 2.60 bits per heavy atom.